The molecule has 0 amide bonds. The molecule has 0 saturated heterocycles. The highest BCUT2D eigenvalue weighted by Gasteiger charge is 2.30. The molecule has 0 bridgehead atoms. The number of alkyl halides is 3. The molecule has 0 aliphatic rings. The van der Waals surface area contributed by atoms with Crippen molar-refractivity contribution in [3.63, 3.8) is 0 Å². The maximum absolute atomic E-state index is 12.6. The zero-order valence-corrected chi connectivity index (χ0v) is 12.1. The average molecular weight is 317 g/mol. The lowest BCUT2D eigenvalue weighted by Gasteiger charge is -2.13. The fourth-order valence-corrected chi connectivity index (χ4v) is 2.43. The summed E-state index contributed by atoms with van der Waals surface area (Å²) in [7, 11) is 0. The Bertz CT molecular complexity index is 838. The summed E-state index contributed by atoms with van der Waals surface area (Å²) in [6.07, 6.45) is -4.41. The van der Waals surface area contributed by atoms with E-state index in [4.69, 9.17) is 10.5 Å². The standard InChI is InChI=1S/C18H14F3NO/c19-18(20,21)14-8-9-17(16(22)10-14)23-11-13-6-3-5-12-4-1-2-7-15(12)13/h1-10H,11,22H2. The van der Waals surface area contributed by atoms with E-state index in [0.29, 0.717) is 0 Å². The van der Waals surface area contributed by atoms with E-state index in [2.05, 4.69) is 0 Å². The van der Waals surface area contributed by atoms with Gasteiger partial charge in [-0.2, -0.15) is 13.2 Å². The first-order valence-electron chi connectivity index (χ1n) is 7.01. The first-order chi connectivity index (χ1) is 10.9. The molecule has 0 aliphatic carbocycles. The van der Waals surface area contributed by atoms with Crippen molar-refractivity contribution in [1.29, 1.82) is 0 Å². The van der Waals surface area contributed by atoms with E-state index in [1.807, 2.05) is 42.5 Å². The van der Waals surface area contributed by atoms with E-state index in [9.17, 15) is 13.2 Å². The van der Waals surface area contributed by atoms with Crippen LogP contribution in [0.1, 0.15) is 11.1 Å². The van der Waals surface area contributed by atoms with Crippen molar-refractivity contribution in [3.05, 3.63) is 71.8 Å². The molecular formula is C18H14F3NO. The van der Waals surface area contributed by atoms with Gasteiger partial charge in [0.15, 0.2) is 0 Å². The van der Waals surface area contributed by atoms with Crippen LogP contribution in [0.3, 0.4) is 0 Å². The maximum atomic E-state index is 12.6. The van der Waals surface area contributed by atoms with Crippen molar-refractivity contribution >= 4 is 16.5 Å². The molecule has 0 radical (unpaired) electrons. The van der Waals surface area contributed by atoms with Crippen LogP contribution in [-0.4, -0.2) is 0 Å². The summed E-state index contributed by atoms with van der Waals surface area (Å²) in [4.78, 5) is 0. The number of benzene rings is 3. The van der Waals surface area contributed by atoms with E-state index in [1.54, 1.807) is 0 Å². The first-order valence-corrected chi connectivity index (χ1v) is 7.01. The van der Waals surface area contributed by atoms with Gasteiger partial charge in [0.25, 0.3) is 0 Å². The fraction of sp³-hybridized carbons (Fsp3) is 0.111. The summed E-state index contributed by atoms with van der Waals surface area (Å²) >= 11 is 0. The molecule has 23 heavy (non-hydrogen) atoms. The van der Waals surface area contributed by atoms with E-state index in [-0.39, 0.29) is 18.0 Å². The summed E-state index contributed by atoms with van der Waals surface area (Å²) in [5.41, 5.74) is 5.80. The largest absolute Gasteiger partial charge is 0.487 e. The highest BCUT2D eigenvalue weighted by atomic mass is 19.4. The number of nitrogens with two attached hydrogens (primary N) is 1. The molecule has 0 saturated carbocycles. The number of halogens is 3. The topological polar surface area (TPSA) is 35.2 Å². The van der Waals surface area contributed by atoms with Gasteiger partial charge in [-0.15, -0.1) is 0 Å². The number of rotatable bonds is 3. The molecule has 0 aromatic heterocycles. The lowest BCUT2D eigenvalue weighted by molar-refractivity contribution is -0.137. The molecule has 0 fully saturated rings. The first kappa shape index (κ1) is 15.2. The molecule has 0 unspecified atom stereocenters. The Balaban J connectivity index is 1.83. The quantitative estimate of drug-likeness (QED) is 0.688. The Morgan fingerprint density at radius 3 is 2.39 bits per heavy atom. The van der Waals surface area contributed by atoms with Gasteiger partial charge < -0.3 is 10.5 Å². The lowest BCUT2D eigenvalue weighted by atomic mass is 10.1. The summed E-state index contributed by atoms with van der Waals surface area (Å²) in [5, 5.41) is 2.12. The normalized spacial score (nSPS) is 11.6. The molecule has 118 valence electrons. The van der Waals surface area contributed by atoms with Crippen LogP contribution in [0.4, 0.5) is 18.9 Å². The van der Waals surface area contributed by atoms with Gasteiger partial charge in [0.1, 0.15) is 12.4 Å². The minimum absolute atomic E-state index is 0.0277. The minimum Gasteiger partial charge on any atom is -0.487 e. The Morgan fingerprint density at radius 2 is 1.65 bits per heavy atom. The van der Waals surface area contributed by atoms with Gasteiger partial charge in [-0.25, -0.2) is 0 Å². The van der Waals surface area contributed by atoms with Crippen LogP contribution >= 0.6 is 0 Å². The second-order valence-electron chi connectivity index (χ2n) is 5.18. The molecular weight excluding hydrogens is 303 g/mol. The van der Waals surface area contributed by atoms with Crippen molar-refractivity contribution in [3.8, 4) is 5.75 Å². The van der Waals surface area contributed by atoms with E-state index in [1.165, 1.54) is 6.07 Å². The van der Waals surface area contributed by atoms with Crippen molar-refractivity contribution in [1.82, 2.24) is 0 Å². The summed E-state index contributed by atoms with van der Waals surface area (Å²) in [6, 6.07) is 16.8. The van der Waals surface area contributed by atoms with Gasteiger partial charge in [0, 0.05) is 0 Å². The average Bonchev–Trinajstić information content (AvgIpc) is 2.53. The zero-order chi connectivity index (χ0) is 16.4. The summed E-state index contributed by atoms with van der Waals surface area (Å²) in [6.45, 7) is 0.233. The van der Waals surface area contributed by atoms with Crippen LogP contribution in [-0.2, 0) is 12.8 Å². The third-order valence-electron chi connectivity index (χ3n) is 3.60. The third kappa shape index (κ3) is 3.23. The fourth-order valence-electron chi connectivity index (χ4n) is 2.43. The number of nitrogen functional groups attached to an aromatic ring is 1. The molecule has 5 heteroatoms. The lowest BCUT2D eigenvalue weighted by Crippen LogP contribution is -2.06. The van der Waals surface area contributed by atoms with Crippen molar-refractivity contribution in [2.45, 2.75) is 12.8 Å². The van der Waals surface area contributed by atoms with Crippen molar-refractivity contribution in [2.75, 3.05) is 5.73 Å². The third-order valence-corrected chi connectivity index (χ3v) is 3.60. The molecule has 2 nitrogen and oxygen atoms in total. The van der Waals surface area contributed by atoms with Gasteiger partial charge >= 0.3 is 6.18 Å². The molecule has 0 aliphatic heterocycles. The minimum atomic E-state index is -4.41. The van der Waals surface area contributed by atoms with Gasteiger partial charge in [0.05, 0.1) is 11.3 Å². The summed E-state index contributed by atoms with van der Waals surface area (Å²) < 4.78 is 43.5. The number of hydrogen-bond donors (Lipinski definition) is 1. The van der Waals surface area contributed by atoms with Gasteiger partial charge in [-0.05, 0) is 34.5 Å². The predicted molar refractivity (Wildman–Crippen MR) is 84.1 cm³/mol. The number of anilines is 1. The van der Waals surface area contributed by atoms with Crippen LogP contribution in [0, 0.1) is 0 Å². The number of fused-ring (bicyclic) bond motifs is 1. The SMILES string of the molecule is Nc1cc(C(F)(F)F)ccc1OCc1cccc2ccccc12. The van der Waals surface area contributed by atoms with Crippen LogP contribution in [0.25, 0.3) is 10.8 Å². The van der Waals surface area contributed by atoms with Gasteiger partial charge in [0.2, 0.25) is 0 Å². The van der Waals surface area contributed by atoms with Crippen LogP contribution in [0.2, 0.25) is 0 Å². The van der Waals surface area contributed by atoms with Crippen molar-refractivity contribution in [2.24, 2.45) is 0 Å². The monoisotopic (exact) mass is 317 g/mol. The molecule has 0 atom stereocenters. The van der Waals surface area contributed by atoms with Gasteiger partial charge in [-0.1, -0.05) is 42.5 Å². The van der Waals surface area contributed by atoms with Crippen LogP contribution in [0.5, 0.6) is 5.75 Å². The van der Waals surface area contributed by atoms with E-state index >= 15 is 0 Å². The Morgan fingerprint density at radius 1 is 0.913 bits per heavy atom. The highest BCUT2D eigenvalue weighted by molar-refractivity contribution is 5.85. The number of hydrogen-bond acceptors (Lipinski definition) is 2. The maximum Gasteiger partial charge on any atom is 0.416 e. The second kappa shape index (κ2) is 5.83. The predicted octanol–water partition coefficient (Wildman–Crippen LogP) is 5.02. The van der Waals surface area contributed by atoms with Crippen LogP contribution < -0.4 is 10.5 Å². The smallest absolute Gasteiger partial charge is 0.416 e. The molecule has 0 heterocycles. The molecule has 2 N–H and O–H groups in total. The molecule has 3 aromatic carbocycles. The van der Waals surface area contributed by atoms with Gasteiger partial charge in [-0.3, -0.25) is 0 Å². The molecule has 3 rings (SSSR count). The van der Waals surface area contributed by atoms with E-state index in [0.717, 1.165) is 28.5 Å². The summed E-state index contributed by atoms with van der Waals surface area (Å²) in [5.74, 6) is 0.242. The highest BCUT2D eigenvalue weighted by Crippen LogP contribution is 2.34. The van der Waals surface area contributed by atoms with Crippen LogP contribution in [0.15, 0.2) is 60.7 Å². The Kier molecular flexibility index (Phi) is 3.86. The Hall–Kier alpha value is -2.69. The van der Waals surface area contributed by atoms with Crippen molar-refractivity contribution < 1.29 is 17.9 Å². The molecule has 3 aromatic rings. The number of ether oxygens (including phenoxy) is 1. The Labute approximate surface area is 131 Å². The zero-order valence-electron chi connectivity index (χ0n) is 12.1. The molecule has 0 spiro atoms. The second-order valence-corrected chi connectivity index (χ2v) is 5.18. The van der Waals surface area contributed by atoms with E-state index < -0.39 is 11.7 Å².